The first kappa shape index (κ1) is 21.5. The van der Waals surface area contributed by atoms with Gasteiger partial charge in [-0.1, -0.05) is 18.7 Å². The number of β-lactam (4-membered cyclic amide) rings is 1. The molecule has 1 saturated heterocycles. The number of nitro benzene ring substituents is 1. The predicted octanol–water partition coefficient (Wildman–Crippen LogP) is 1.88. The number of benzene rings is 1. The van der Waals surface area contributed by atoms with Gasteiger partial charge in [0.2, 0.25) is 5.91 Å². The van der Waals surface area contributed by atoms with Gasteiger partial charge in [0, 0.05) is 17.9 Å². The smallest absolute Gasteiger partial charge is 0.357 e. The van der Waals surface area contributed by atoms with Crippen LogP contribution in [0.25, 0.3) is 0 Å². The first-order valence-electron chi connectivity index (χ1n) is 8.81. The molecule has 0 saturated carbocycles. The average Bonchev–Trinajstić information content (AvgIpc) is 2.99. The van der Waals surface area contributed by atoms with Crippen molar-refractivity contribution in [1.29, 1.82) is 0 Å². The number of amides is 1. The highest BCUT2D eigenvalue weighted by atomic mass is 32.2. The van der Waals surface area contributed by atoms with Crippen LogP contribution in [0.3, 0.4) is 0 Å². The van der Waals surface area contributed by atoms with Gasteiger partial charge in [-0.15, -0.1) is 0 Å². The summed E-state index contributed by atoms with van der Waals surface area (Å²) in [7, 11) is -1.48. The van der Waals surface area contributed by atoms with Crippen LogP contribution in [0.15, 0.2) is 34.2 Å². The zero-order valence-corrected chi connectivity index (χ0v) is 17.6. The van der Waals surface area contributed by atoms with Crippen molar-refractivity contribution in [3.05, 3.63) is 49.9 Å². The Labute approximate surface area is 173 Å². The zero-order chi connectivity index (χ0) is 21.5. The number of thioether (sulfide) groups is 1. The number of carbonyl (C=O) groups excluding carboxylic acids is 2. The maximum atomic E-state index is 12.7. The third kappa shape index (κ3) is 3.94. The van der Waals surface area contributed by atoms with Gasteiger partial charge in [0.1, 0.15) is 16.2 Å². The SMILES string of the molecule is CCS(=O)C1=C(C(=O)OCc2ccc([N+](=O)[O-])cc2)N2C(=O)[C@@H](C(C)(C)O)[C@H]2S1. The molecule has 3 atom stereocenters. The molecule has 156 valence electrons. The van der Waals surface area contributed by atoms with Crippen molar-refractivity contribution >= 4 is 40.1 Å². The maximum absolute atomic E-state index is 12.7. The fraction of sp³-hybridized carbons (Fsp3) is 0.444. The van der Waals surface area contributed by atoms with E-state index in [-0.39, 0.29) is 28.0 Å². The minimum absolute atomic E-state index is 0.0485. The first-order chi connectivity index (χ1) is 13.6. The van der Waals surface area contributed by atoms with Crippen molar-refractivity contribution in [1.82, 2.24) is 4.90 Å². The summed E-state index contributed by atoms with van der Waals surface area (Å²) in [4.78, 5) is 36.7. The van der Waals surface area contributed by atoms with Gasteiger partial charge in [-0.25, -0.2) is 4.79 Å². The average molecular weight is 440 g/mol. The maximum Gasteiger partial charge on any atom is 0.357 e. The number of hydrogen-bond donors (Lipinski definition) is 1. The van der Waals surface area contributed by atoms with Gasteiger partial charge >= 0.3 is 5.97 Å². The van der Waals surface area contributed by atoms with Gasteiger partial charge in [0.05, 0.1) is 27.2 Å². The molecule has 0 bridgehead atoms. The molecule has 9 nitrogen and oxygen atoms in total. The lowest BCUT2D eigenvalue weighted by molar-refractivity contribution is -0.384. The largest absolute Gasteiger partial charge is 0.456 e. The van der Waals surface area contributed by atoms with Crippen LogP contribution in [-0.2, 0) is 31.7 Å². The van der Waals surface area contributed by atoms with Crippen LogP contribution in [0.4, 0.5) is 5.69 Å². The van der Waals surface area contributed by atoms with Crippen molar-refractivity contribution in [2.45, 2.75) is 38.4 Å². The highest BCUT2D eigenvalue weighted by Crippen LogP contribution is 2.53. The van der Waals surface area contributed by atoms with Crippen molar-refractivity contribution in [2.24, 2.45) is 5.92 Å². The third-order valence-corrected chi connectivity index (χ3v) is 7.76. The predicted molar refractivity (Wildman–Crippen MR) is 107 cm³/mol. The molecule has 0 spiro atoms. The van der Waals surface area contributed by atoms with Crippen molar-refractivity contribution in [2.75, 3.05) is 5.75 Å². The van der Waals surface area contributed by atoms with E-state index in [1.54, 1.807) is 6.92 Å². The van der Waals surface area contributed by atoms with Gasteiger partial charge in [-0.3, -0.25) is 24.0 Å². The molecule has 1 amide bonds. The molecule has 0 aliphatic carbocycles. The lowest BCUT2D eigenvalue weighted by Crippen LogP contribution is -2.64. The quantitative estimate of drug-likeness (QED) is 0.295. The second-order valence-corrected chi connectivity index (χ2v) is 10.2. The summed E-state index contributed by atoms with van der Waals surface area (Å²) in [5.74, 6) is -1.65. The zero-order valence-electron chi connectivity index (χ0n) is 16.0. The summed E-state index contributed by atoms with van der Waals surface area (Å²) < 4.78 is 18.0. The van der Waals surface area contributed by atoms with E-state index in [4.69, 9.17) is 4.74 Å². The number of aliphatic hydroxyl groups is 1. The first-order valence-corrected chi connectivity index (χ1v) is 11.0. The lowest BCUT2D eigenvalue weighted by atomic mass is 9.83. The Morgan fingerprint density at radius 3 is 2.52 bits per heavy atom. The van der Waals surface area contributed by atoms with Crippen LogP contribution in [-0.4, -0.2) is 47.7 Å². The Balaban J connectivity index is 1.78. The van der Waals surface area contributed by atoms with Gasteiger partial charge in [0.15, 0.2) is 5.70 Å². The van der Waals surface area contributed by atoms with E-state index in [2.05, 4.69) is 0 Å². The Kier molecular flexibility index (Phi) is 5.84. The molecule has 1 N–H and O–H groups in total. The Hall–Kier alpha value is -2.24. The van der Waals surface area contributed by atoms with Crippen LogP contribution in [0.1, 0.15) is 26.3 Å². The Morgan fingerprint density at radius 1 is 1.38 bits per heavy atom. The van der Waals surface area contributed by atoms with E-state index in [0.717, 1.165) is 11.8 Å². The molecule has 2 heterocycles. The van der Waals surface area contributed by atoms with Crippen LogP contribution in [0.2, 0.25) is 0 Å². The molecule has 2 aliphatic rings. The molecular weight excluding hydrogens is 420 g/mol. The van der Waals surface area contributed by atoms with Gasteiger partial charge in [-0.2, -0.15) is 0 Å². The molecule has 1 fully saturated rings. The summed E-state index contributed by atoms with van der Waals surface area (Å²) >= 11 is 1.14. The molecule has 0 radical (unpaired) electrons. The number of nitro groups is 1. The second-order valence-electron chi connectivity index (χ2n) is 7.12. The fourth-order valence-electron chi connectivity index (χ4n) is 3.14. The number of esters is 1. The van der Waals surface area contributed by atoms with Crippen molar-refractivity contribution < 1.29 is 28.6 Å². The summed E-state index contributed by atoms with van der Waals surface area (Å²) in [5.41, 5.74) is -0.869. The van der Waals surface area contributed by atoms with E-state index in [1.807, 2.05) is 0 Å². The van der Waals surface area contributed by atoms with E-state index in [9.17, 15) is 29.0 Å². The van der Waals surface area contributed by atoms with Crippen LogP contribution in [0.5, 0.6) is 0 Å². The van der Waals surface area contributed by atoms with Crippen LogP contribution >= 0.6 is 11.8 Å². The highest BCUT2D eigenvalue weighted by Gasteiger charge is 2.61. The monoisotopic (exact) mass is 440 g/mol. The van der Waals surface area contributed by atoms with Crippen LogP contribution < -0.4 is 0 Å². The number of non-ortho nitro benzene ring substituents is 1. The van der Waals surface area contributed by atoms with E-state index >= 15 is 0 Å². The summed E-state index contributed by atoms with van der Waals surface area (Å²) in [5, 5.41) is 20.5. The van der Waals surface area contributed by atoms with E-state index < -0.39 is 44.5 Å². The molecular formula is C18H20N2O7S2. The summed E-state index contributed by atoms with van der Waals surface area (Å²) in [6, 6.07) is 5.54. The molecule has 1 aromatic carbocycles. The molecule has 11 heteroatoms. The van der Waals surface area contributed by atoms with Gasteiger partial charge < -0.3 is 9.84 Å². The lowest BCUT2D eigenvalue weighted by Gasteiger charge is -2.47. The third-order valence-electron chi connectivity index (χ3n) is 4.65. The fourth-order valence-corrected chi connectivity index (χ4v) is 6.29. The molecule has 1 unspecified atom stereocenters. The molecule has 0 aromatic heterocycles. The van der Waals surface area contributed by atoms with Gasteiger partial charge in [-0.05, 0) is 31.5 Å². The minimum Gasteiger partial charge on any atom is -0.456 e. The van der Waals surface area contributed by atoms with E-state index in [0.29, 0.717) is 5.56 Å². The van der Waals surface area contributed by atoms with Crippen molar-refractivity contribution in [3.8, 4) is 0 Å². The second kappa shape index (κ2) is 7.88. The normalized spacial score (nSPS) is 22.2. The molecule has 29 heavy (non-hydrogen) atoms. The summed E-state index contributed by atoms with van der Waals surface area (Å²) in [6.07, 6.45) is 0. The molecule has 1 aromatic rings. The van der Waals surface area contributed by atoms with Crippen molar-refractivity contribution in [3.63, 3.8) is 0 Å². The highest BCUT2D eigenvalue weighted by molar-refractivity contribution is 8.17. The number of nitrogens with zero attached hydrogens (tertiary/aromatic N) is 2. The Bertz CT molecular complexity index is 921. The molecule has 3 rings (SSSR count). The number of hydrogen-bond acceptors (Lipinski definition) is 8. The topological polar surface area (TPSA) is 127 Å². The molecule has 2 aliphatic heterocycles. The van der Waals surface area contributed by atoms with Gasteiger partial charge in [0.25, 0.3) is 5.69 Å². The number of ether oxygens (including phenoxy) is 1. The summed E-state index contributed by atoms with van der Waals surface area (Å²) in [6.45, 7) is 4.59. The number of fused-ring (bicyclic) bond motifs is 1. The van der Waals surface area contributed by atoms with E-state index in [1.165, 1.54) is 43.0 Å². The minimum atomic E-state index is -1.48. The standard InChI is InChI=1S/C18H20N2O7S2/c1-4-29(26)17-13(19-14(21)12(15(19)28-17)18(2,3)23)16(22)27-9-10-5-7-11(8-6-10)20(24)25/h5-8,12,15,23H,4,9H2,1-3H3/t12-,15-,29?/m1/s1. The van der Waals surface area contributed by atoms with Crippen LogP contribution in [0, 0.1) is 16.0 Å². The number of carbonyl (C=O) groups is 2. The Morgan fingerprint density at radius 2 is 2.00 bits per heavy atom. The number of rotatable bonds is 7.